The first-order chi connectivity index (χ1) is 7.98. The molecule has 5 nitrogen and oxygen atoms in total. The van der Waals surface area contributed by atoms with Gasteiger partial charge in [0.25, 0.3) is 0 Å². The molecule has 1 aliphatic rings. The average Bonchev–Trinajstić information content (AvgIpc) is 2.77. The standard InChI is InChI=1S/C10H16N2O3S2/c1-7(17(2,13)14)10-12-9(6-16-10)8-5-15-4-3-11-8/h6-8,11H,3-5H2,1-2H3. The fraction of sp³-hybridized carbons (Fsp3) is 0.700. The molecule has 0 aromatic carbocycles. The molecule has 0 radical (unpaired) electrons. The smallest absolute Gasteiger partial charge is 0.156 e. The van der Waals surface area contributed by atoms with Crippen LogP contribution in [-0.4, -0.2) is 39.4 Å². The number of nitrogens with zero attached hydrogens (tertiary/aromatic N) is 1. The van der Waals surface area contributed by atoms with Crippen molar-refractivity contribution in [3.8, 4) is 0 Å². The van der Waals surface area contributed by atoms with Gasteiger partial charge < -0.3 is 10.1 Å². The molecule has 2 atom stereocenters. The van der Waals surface area contributed by atoms with Crippen molar-refractivity contribution in [2.24, 2.45) is 0 Å². The van der Waals surface area contributed by atoms with Gasteiger partial charge in [0, 0.05) is 18.2 Å². The quantitative estimate of drug-likeness (QED) is 0.888. The lowest BCUT2D eigenvalue weighted by Gasteiger charge is -2.22. The molecule has 1 aliphatic heterocycles. The Morgan fingerprint density at radius 3 is 3.00 bits per heavy atom. The minimum atomic E-state index is -3.08. The first kappa shape index (κ1) is 12.9. The van der Waals surface area contributed by atoms with Crippen molar-refractivity contribution < 1.29 is 13.2 Å². The van der Waals surface area contributed by atoms with Gasteiger partial charge in [-0.25, -0.2) is 13.4 Å². The average molecular weight is 276 g/mol. The molecular weight excluding hydrogens is 260 g/mol. The third-order valence-electron chi connectivity index (χ3n) is 2.81. The second-order valence-electron chi connectivity index (χ2n) is 4.16. The van der Waals surface area contributed by atoms with Crippen LogP contribution in [0.5, 0.6) is 0 Å². The van der Waals surface area contributed by atoms with Crippen molar-refractivity contribution in [1.29, 1.82) is 0 Å². The van der Waals surface area contributed by atoms with Gasteiger partial charge in [0.15, 0.2) is 9.84 Å². The van der Waals surface area contributed by atoms with Crippen molar-refractivity contribution in [3.63, 3.8) is 0 Å². The number of aromatic nitrogens is 1. The van der Waals surface area contributed by atoms with Crippen LogP contribution in [0.4, 0.5) is 0 Å². The second-order valence-corrected chi connectivity index (χ2v) is 7.42. The molecule has 0 saturated carbocycles. The first-order valence-corrected chi connectivity index (χ1v) is 8.27. The Balaban J connectivity index is 2.15. The Hall–Kier alpha value is -0.500. The van der Waals surface area contributed by atoms with E-state index in [9.17, 15) is 8.42 Å². The van der Waals surface area contributed by atoms with E-state index in [2.05, 4.69) is 10.3 Å². The molecule has 1 aromatic heterocycles. The van der Waals surface area contributed by atoms with E-state index in [1.54, 1.807) is 6.92 Å². The van der Waals surface area contributed by atoms with Crippen LogP contribution >= 0.6 is 11.3 Å². The van der Waals surface area contributed by atoms with Gasteiger partial charge in [-0.1, -0.05) is 0 Å². The summed E-state index contributed by atoms with van der Waals surface area (Å²) in [6.07, 6.45) is 1.24. The van der Waals surface area contributed by atoms with Gasteiger partial charge in [-0.15, -0.1) is 11.3 Å². The molecule has 96 valence electrons. The van der Waals surface area contributed by atoms with Gasteiger partial charge >= 0.3 is 0 Å². The van der Waals surface area contributed by atoms with Gasteiger partial charge in [-0.3, -0.25) is 0 Å². The van der Waals surface area contributed by atoms with Crippen LogP contribution in [0.3, 0.4) is 0 Å². The van der Waals surface area contributed by atoms with Gasteiger partial charge in [0.2, 0.25) is 0 Å². The van der Waals surface area contributed by atoms with Crippen LogP contribution in [0, 0.1) is 0 Å². The van der Waals surface area contributed by atoms with Gasteiger partial charge in [0.1, 0.15) is 10.3 Å². The summed E-state index contributed by atoms with van der Waals surface area (Å²) in [6.45, 7) is 3.78. The number of hydrogen-bond acceptors (Lipinski definition) is 6. The maximum absolute atomic E-state index is 11.4. The molecule has 0 aliphatic carbocycles. The van der Waals surface area contributed by atoms with E-state index < -0.39 is 15.1 Å². The lowest BCUT2D eigenvalue weighted by Crippen LogP contribution is -2.34. The Morgan fingerprint density at radius 2 is 2.41 bits per heavy atom. The Labute approximate surface area is 105 Å². The minimum absolute atomic E-state index is 0.0838. The lowest BCUT2D eigenvalue weighted by molar-refractivity contribution is 0.0757. The molecule has 2 heterocycles. The SMILES string of the molecule is CC(c1nc(C2COCCN2)cs1)S(C)(=O)=O. The predicted molar refractivity (Wildman–Crippen MR) is 66.9 cm³/mol. The summed E-state index contributed by atoms with van der Waals surface area (Å²) in [6, 6.07) is 0.0838. The number of rotatable bonds is 3. The van der Waals surface area contributed by atoms with Crippen molar-refractivity contribution in [2.45, 2.75) is 18.2 Å². The number of hydrogen-bond donors (Lipinski definition) is 1. The highest BCUT2D eigenvalue weighted by Gasteiger charge is 2.23. The van der Waals surface area contributed by atoms with E-state index in [1.807, 2.05) is 5.38 Å². The Kier molecular flexibility index (Phi) is 3.82. The van der Waals surface area contributed by atoms with Crippen molar-refractivity contribution in [3.05, 3.63) is 16.1 Å². The highest BCUT2D eigenvalue weighted by Crippen LogP contribution is 2.27. The maximum atomic E-state index is 11.4. The lowest BCUT2D eigenvalue weighted by atomic mass is 10.2. The number of sulfone groups is 1. The summed E-state index contributed by atoms with van der Waals surface area (Å²) in [4.78, 5) is 4.40. The molecule has 7 heteroatoms. The number of thiazole rings is 1. The minimum Gasteiger partial charge on any atom is -0.378 e. The number of morpholine rings is 1. The summed E-state index contributed by atoms with van der Waals surface area (Å²) in [5.41, 5.74) is 0.875. The zero-order valence-corrected chi connectivity index (χ0v) is 11.5. The highest BCUT2D eigenvalue weighted by molar-refractivity contribution is 7.91. The van der Waals surface area contributed by atoms with Crippen LogP contribution in [0.2, 0.25) is 0 Å². The molecular formula is C10H16N2O3S2. The predicted octanol–water partition coefficient (Wildman–Crippen LogP) is 0.910. The summed E-state index contributed by atoms with van der Waals surface area (Å²) >= 11 is 1.39. The van der Waals surface area contributed by atoms with Crippen molar-refractivity contribution in [1.82, 2.24) is 10.3 Å². The molecule has 0 amide bonds. The summed E-state index contributed by atoms with van der Waals surface area (Å²) in [5, 5.41) is 5.31. The van der Waals surface area contributed by atoms with E-state index in [4.69, 9.17) is 4.74 Å². The molecule has 1 N–H and O–H groups in total. The van der Waals surface area contributed by atoms with E-state index in [0.717, 1.165) is 12.2 Å². The van der Waals surface area contributed by atoms with Crippen LogP contribution < -0.4 is 5.32 Å². The zero-order valence-electron chi connectivity index (χ0n) is 9.84. The monoisotopic (exact) mass is 276 g/mol. The van der Waals surface area contributed by atoms with Crippen LogP contribution in [0.15, 0.2) is 5.38 Å². The summed E-state index contributed by atoms with van der Waals surface area (Å²) in [7, 11) is -3.08. The molecule has 2 unspecified atom stereocenters. The number of nitrogens with one attached hydrogen (secondary N) is 1. The molecule has 2 rings (SSSR count). The molecule has 0 bridgehead atoms. The van der Waals surface area contributed by atoms with Gasteiger partial charge in [-0.05, 0) is 6.92 Å². The van der Waals surface area contributed by atoms with E-state index in [1.165, 1.54) is 17.6 Å². The molecule has 1 saturated heterocycles. The molecule has 1 aromatic rings. The molecule has 1 fully saturated rings. The fourth-order valence-corrected chi connectivity index (χ4v) is 3.50. The number of ether oxygens (including phenoxy) is 1. The van der Waals surface area contributed by atoms with Crippen LogP contribution in [0.25, 0.3) is 0 Å². The van der Waals surface area contributed by atoms with Gasteiger partial charge in [-0.2, -0.15) is 0 Å². The van der Waals surface area contributed by atoms with Crippen molar-refractivity contribution in [2.75, 3.05) is 26.0 Å². The highest BCUT2D eigenvalue weighted by atomic mass is 32.2. The zero-order chi connectivity index (χ0) is 12.5. The van der Waals surface area contributed by atoms with Crippen molar-refractivity contribution >= 4 is 21.2 Å². The first-order valence-electron chi connectivity index (χ1n) is 5.44. The summed E-state index contributed by atoms with van der Waals surface area (Å²) in [5.74, 6) is 0. The van der Waals surface area contributed by atoms with Crippen LogP contribution in [-0.2, 0) is 14.6 Å². The third kappa shape index (κ3) is 3.04. The Bertz CT molecular complexity index is 477. The van der Waals surface area contributed by atoms with E-state index in [0.29, 0.717) is 18.2 Å². The third-order valence-corrected chi connectivity index (χ3v) is 5.51. The van der Waals surface area contributed by atoms with E-state index >= 15 is 0 Å². The van der Waals surface area contributed by atoms with Crippen LogP contribution in [0.1, 0.15) is 28.9 Å². The normalized spacial score (nSPS) is 23.5. The van der Waals surface area contributed by atoms with Gasteiger partial charge in [0.05, 0.1) is 24.9 Å². The summed E-state index contributed by atoms with van der Waals surface area (Å²) < 4.78 is 28.2. The topological polar surface area (TPSA) is 68.3 Å². The molecule has 0 spiro atoms. The molecule has 17 heavy (non-hydrogen) atoms. The Morgan fingerprint density at radius 1 is 1.65 bits per heavy atom. The largest absolute Gasteiger partial charge is 0.378 e. The maximum Gasteiger partial charge on any atom is 0.156 e. The van der Waals surface area contributed by atoms with E-state index in [-0.39, 0.29) is 6.04 Å². The fourth-order valence-electron chi connectivity index (χ4n) is 1.59. The second kappa shape index (κ2) is 5.01.